The summed E-state index contributed by atoms with van der Waals surface area (Å²) in [4.78, 5) is 0.363. The lowest BCUT2D eigenvalue weighted by molar-refractivity contribution is 0.491. The van der Waals surface area contributed by atoms with Crippen LogP contribution in [0.15, 0.2) is 23.1 Å². The van der Waals surface area contributed by atoms with Crippen molar-refractivity contribution in [3.8, 4) is 0 Å². The lowest BCUT2D eigenvalue weighted by Gasteiger charge is -2.21. The van der Waals surface area contributed by atoms with E-state index in [9.17, 15) is 8.42 Å². The Balaban J connectivity index is 3.19. The Morgan fingerprint density at radius 3 is 2.11 bits per heavy atom. The van der Waals surface area contributed by atoms with E-state index in [-0.39, 0.29) is 0 Å². The molecule has 1 N–H and O–H groups in total. The van der Waals surface area contributed by atoms with Gasteiger partial charge in [-0.1, -0.05) is 26.0 Å². The molecule has 0 fully saturated rings. The van der Waals surface area contributed by atoms with E-state index in [4.69, 9.17) is 0 Å². The Labute approximate surface area is 111 Å². The molecule has 1 aromatic carbocycles. The minimum atomic E-state index is -3.44. The monoisotopic (exact) mass is 269 g/mol. The first kappa shape index (κ1) is 15.2. The maximum absolute atomic E-state index is 12.2. The second-order valence-corrected chi connectivity index (χ2v) is 7.69. The Kier molecular flexibility index (Phi) is 4.23. The molecule has 0 amide bonds. The molecule has 0 saturated heterocycles. The molecule has 0 heterocycles. The minimum Gasteiger partial charge on any atom is -0.207 e. The molecular weight excluding hydrogens is 246 g/mol. The summed E-state index contributed by atoms with van der Waals surface area (Å²) in [5.74, 6) is 0.399. The Bertz CT molecular complexity index is 525. The topological polar surface area (TPSA) is 46.2 Å². The van der Waals surface area contributed by atoms with Crippen molar-refractivity contribution in [3.05, 3.63) is 29.3 Å². The molecule has 0 saturated carbocycles. The van der Waals surface area contributed by atoms with Gasteiger partial charge in [0.05, 0.1) is 4.90 Å². The van der Waals surface area contributed by atoms with Crippen LogP contribution in [0.2, 0.25) is 0 Å². The molecule has 0 spiro atoms. The fourth-order valence-corrected chi connectivity index (χ4v) is 3.44. The first-order valence-corrected chi connectivity index (χ1v) is 7.66. The van der Waals surface area contributed by atoms with Crippen molar-refractivity contribution in [2.75, 3.05) is 0 Å². The normalized spacial score (nSPS) is 13.1. The summed E-state index contributed by atoms with van der Waals surface area (Å²) >= 11 is 0. The predicted octanol–water partition coefficient (Wildman–Crippen LogP) is 3.20. The van der Waals surface area contributed by atoms with Gasteiger partial charge in [0.1, 0.15) is 0 Å². The van der Waals surface area contributed by atoms with Crippen LogP contribution in [0.3, 0.4) is 0 Å². The van der Waals surface area contributed by atoms with Crippen LogP contribution >= 0.6 is 0 Å². The molecule has 0 bridgehead atoms. The van der Waals surface area contributed by atoms with Gasteiger partial charge >= 0.3 is 0 Å². The SMILES string of the molecule is Cc1cc(C(C)C)ccc1S(=O)(=O)NC(C)(C)C. The molecule has 0 aliphatic heterocycles. The van der Waals surface area contributed by atoms with E-state index in [1.807, 2.05) is 39.8 Å². The van der Waals surface area contributed by atoms with E-state index in [2.05, 4.69) is 18.6 Å². The van der Waals surface area contributed by atoms with Gasteiger partial charge in [-0.25, -0.2) is 13.1 Å². The number of hydrogen-bond donors (Lipinski definition) is 1. The zero-order valence-electron chi connectivity index (χ0n) is 12.0. The van der Waals surface area contributed by atoms with Crippen molar-refractivity contribution in [3.63, 3.8) is 0 Å². The smallest absolute Gasteiger partial charge is 0.207 e. The standard InChI is InChI=1S/C14H23NO2S/c1-10(2)12-7-8-13(11(3)9-12)18(16,17)15-14(4,5)6/h7-10,15H,1-6H3. The summed E-state index contributed by atoms with van der Waals surface area (Å²) in [5, 5.41) is 0. The van der Waals surface area contributed by atoms with Crippen molar-refractivity contribution in [1.82, 2.24) is 4.72 Å². The number of benzene rings is 1. The molecule has 4 heteroatoms. The van der Waals surface area contributed by atoms with Gasteiger partial charge < -0.3 is 0 Å². The van der Waals surface area contributed by atoms with Crippen LogP contribution in [0, 0.1) is 6.92 Å². The van der Waals surface area contributed by atoms with Crippen LogP contribution in [-0.2, 0) is 10.0 Å². The van der Waals surface area contributed by atoms with Crippen molar-refractivity contribution in [2.45, 2.75) is 57.9 Å². The summed E-state index contributed by atoms with van der Waals surface area (Å²) in [7, 11) is -3.44. The zero-order valence-corrected chi connectivity index (χ0v) is 12.9. The third-order valence-corrected chi connectivity index (χ3v) is 4.51. The van der Waals surface area contributed by atoms with E-state index in [0.29, 0.717) is 10.8 Å². The van der Waals surface area contributed by atoms with Crippen LogP contribution in [0.1, 0.15) is 51.7 Å². The summed E-state index contributed by atoms with van der Waals surface area (Å²) in [6, 6.07) is 5.52. The molecule has 1 aromatic rings. The molecule has 102 valence electrons. The lowest BCUT2D eigenvalue weighted by atomic mass is 10.0. The minimum absolute atomic E-state index is 0.363. The number of hydrogen-bond acceptors (Lipinski definition) is 2. The fraction of sp³-hybridized carbons (Fsp3) is 0.571. The lowest BCUT2D eigenvalue weighted by Crippen LogP contribution is -2.40. The summed E-state index contributed by atoms with van der Waals surface area (Å²) in [5.41, 5.74) is 1.47. The van der Waals surface area contributed by atoms with E-state index < -0.39 is 15.6 Å². The summed E-state index contributed by atoms with van der Waals surface area (Å²) in [6.07, 6.45) is 0. The summed E-state index contributed by atoms with van der Waals surface area (Å²) < 4.78 is 27.2. The van der Waals surface area contributed by atoms with Crippen LogP contribution in [0.5, 0.6) is 0 Å². The number of sulfonamides is 1. The molecule has 0 aliphatic rings. The Morgan fingerprint density at radius 1 is 1.17 bits per heavy atom. The largest absolute Gasteiger partial charge is 0.241 e. The predicted molar refractivity (Wildman–Crippen MR) is 75.3 cm³/mol. The highest BCUT2D eigenvalue weighted by atomic mass is 32.2. The third kappa shape index (κ3) is 3.82. The zero-order chi connectivity index (χ0) is 14.1. The van der Waals surface area contributed by atoms with Gasteiger partial charge in [-0.05, 0) is 50.8 Å². The highest BCUT2D eigenvalue weighted by Gasteiger charge is 2.23. The first-order valence-electron chi connectivity index (χ1n) is 6.17. The van der Waals surface area contributed by atoms with Gasteiger partial charge in [0.2, 0.25) is 10.0 Å². The second kappa shape index (κ2) is 5.02. The average molecular weight is 269 g/mol. The Morgan fingerprint density at radius 2 is 1.72 bits per heavy atom. The van der Waals surface area contributed by atoms with Crippen LogP contribution in [-0.4, -0.2) is 14.0 Å². The molecule has 3 nitrogen and oxygen atoms in total. The molecule has 0 radical (unpaired) electrons. The molecule has 0 unspecified atom stereocenters. The van der Waals surface area contributed by atoms with Crippen molar-refractivity contribution < 1.29 is 8.42 Å². The van der Waals surface area contributed by atoms with Gasteiger partial charge in [-0.3, -0.25) is 0 Å². The van der Waals surface area contributed by atoms with Gasteiger partial charge in [0.15, 0.2) is 0 Å². The maximum atomic E-state index is 12.2. The first-order chi connectivity index (χ1) is 8.03. The van der Waals surface area contributed by atoms with Crippen molar-refractivity contribution in [1.29, 1.82) is 0 Å². The van der Waals surface area contributed by atoms with E-state index in [1.54, 1.807) is 6.07 Å². The number of nitrogens with one attached hydrogen (secondary N) is 1. The molecule has 0 atom stereocenters. The van der Waals surface area contributed by atoms with Crippen LogP contribution in [0.25, 0.3) is 0 Å². The highest BCUT2D eigenvalue weighted by molar-refractivity contribution is 7.89. The van der Waals surface area contributed by atoms with Crippen LogP contribution < -0.4 is 4.72 Å². The quantitative estimate of drug-likeness (QED) is 0.916. The van der Waals surface area contributed by atoms with E-state index in [1.165, 1.54) is 0 Å². The molecule has 0 aliphatic carbocycles. The van der Waals surface area contributed by atoms with Crippen molar-refractivity contribution in [2.24, 2.45) is 0 Å². The fourth-order valence-electron chi connectivity index (χ4n) is 1.79. The van der Waals surface area contributed by atoms with E-state index in [0.717, 1.165) is 11.1 Å². The number of rotatable bonds is 3. The third-order valence-electron chi connectivity index (χ3n) is 2.60. The summed E-state index contributed by atoms with van der Waals surface area (Å²) in [6.45, 7) is 11.5. The van der Waals surface area contributed by atoms with Gasteiger partial charge in [-0.15, -0.1) is 0 Å². The average Bonchev–Trinajstić information content (AvgIpc) is 2.12. The van der Waals surface area contributed by atoms with E-state index >= 15 is 0 Å². The van der Waals surface area contributed by atoms with Crippen LogP contribution in [0.4, 0.5) is 0 Å². The van der Waals surface area contributed by atoms with Gasteiger partial charge in [0, 0.05) is 5.54 Å². The maximum Gasteiger partial charge on any atom is 0.241 e. The van der Waals surface area contributed by atoms with Crippen molar-refractivity contribution >= 4 is 10.0 Å². The molecule has 0 aromatic heterocycles. The van der Waals surface area contributed by atoms with Gasteiger partial charge in [0.25, 0.3) is 0 Å². The molecular formula is C14H23NO2S. The van der Waals surface area contributed by atoms with Gasteiger partial charge in [-0.2, -0.15) is 0 Å². The second-order valence-electron chi connectivity index (χ2n) is 6.04. The highest BCUT2D eigenvalue weighted by Crippen LogP contribution is 2.22. The Hall–Kier alpha value is -0.870. The molecule has 1 rings (SSSR count). The number of aryl methyl sites for hydroxylation is 1. The molecule has 18 heavy (non-hydrogen) atoms.